The molecule has 6 rings (SSSR count). The van der Waals surface area contributed by atoms with E-state index in [0.29, 0.717) is 49.0 Å². The highest BCUT2D eigenvalue weighted by Gasteiger charge is 2.26. The third kappa shape index (κ3) is 4.57. The van der Waals surface area contributed by atoms with Gasteiger partial charge in [-0.15, -0.1) is 10.2 Å². The molecule has 0 radical (unpaired) electrons. The number of fused-ring (bicyclic) bond motifs is 3. The second-order valence-electron chi connectivity index (χ2n) is 10.0. The summed E-state index contributed by atoms with van der Waals surface area (Å²) in [6, 6.07) is 20.1. The number of aromatic nitrogens is 4. The van der Waals surface area contributed by atoms with E-state index in [9.17, 15) is 14.7 Å². The van der Waals surface area contributed by atoms with Gasteiger partial charge in [-0.2, -0.15) is 0 Å². The van der Waals surface area contributed by atoms with Gasteiger partial charge in [0.25, 0.3) is 5.91 Å². The van der Waals surface area contributed by atoms with E-state index in [-0.39, 0.29) is 17.5 Å². The average Bonchev–Trinajstić information content (AvgIpc) is 3.47. The number of aromatic carboxylic acids is 1. The maximum Gasteiger partial charge on any atom is 0.337 e. The number of benzene rings is 3. The van der Waals surface area contributed by atoms with Gasteiger partial charge in [-0.25, -0.2) is 9.78 Å². The number of para-hydroxylation sites is 1. The van der Waals surface area contributed by atoms with Gasteiger partial charge in [0, 0.05) is 48.4 Å². The summed E-state index contributed by atoms with van der Waals surface area (Å²) in [5, 5.41) is 22.5. The third-order valence-corrected chi connectivity index (χ3v) is 7.37. The number of nitrogens with zero attached hydrogens (tertiary/aromatic N) is 6. The van der Waals surface area contributed by atoms with Gasteiger partial charge in [0.15, 0.2) is 5.65 Å². The van der Waals surface area contributed by atoms with Gasteiger partial charge in [-0.3, -0.25) is 9.20 Å². The molecule has 1 fully saturated rings. The fourth-order valence-corrected chi connectivity index (χ4v) is 5.35. The maximum atomic E-state index is 13.0. The fraction of sp³-hybridized carbons (Fsp3) is 0.233. The first-order chi connectivity index (χ1) is 19.4. The fourth-order valence-electron chi connectivity index (χ4n) is 5.35. The van der Waals surface area contributed by atoms with Gasteiger partial charge in [-0.05, 0) is 49.7 Å². The van der Waals surface area contributed by atoms with Crippen LogP contribution < -0.4 is 10.2 Å². The highest BCUT2D eigenvalue weighted by Crippen LogP contribution is 2.32. The molecule has 0 saturated carbocycles. The Bertz CT molecular complexity index is 1730. The van der Waals surface area contributed by atoms with E-state index in [1.54, 1.807) is 24.5 Å². The van der Waals surface area contributed by atoms with Crippen LogP contribution in [0.5, 0.6) is 0 Å². The largest absolute Gasteiger partial charge is 0.478 e. The summed E-state index contributed by atoms with van der Waals surface area (Å²) in [5.74, 6) is -0.247. The van der Waals surface area contributed by atoms with Crippen LogP contribution in [0, 0.1) is 6.92 Å². The summed E-state index contributed by atoms with van der Waals surface area (Å²) >= 11 is 0. The molecule has 10 nitrogen and oxygen atoms in total. The van der Waals surface area contributed by atoms with Crippen LogP contribution in [-0.4, -0.2) is 67.6 Å². The highest BCUT2D eigenvalue weighted by molar-refractivity contribution is 5.97. The zero-order chi connectivity index (χ0) is 27.8. The van der Waals surface area contributed by atoms with E-state index in [1.165, 1.54) is 0 Å². The van der Waals surface area contributed by atoms with Crippen LogP contribution >= 0.6 is 0 Å². The number of anilines is 2. The SMILES string of the molecule is Cc1cc(C(C)Nc2ccccc2C(=O)O)c2nc(N3CCN(C(=O)c4ccccc4)CC3)n3cnnc3c2c1. The van der Waals surface area contributed by atoms with Crippen molar-refractivity contribution in [3.8, 4) is 0 Å². The van der Waals surface area contributed by atoms with Gasteiger partial charge in [0.05, 0.1) is 17.1 Å². The predicted octanol–water partition coefficient (Wildman–Crippen LogP) is 4.42. The third-order valence-electron chi connectivity index (χ3n) is 7.37. The standard InChI is InChI=1S/C30H29N7O3/c1-19-16-23(20(2)32-25-11-7-6-10-22(25)29(39)40)26-24(17-19)27-34-31-18-37(27)30(33-26)36-14-12-35(13-15-36)28(38)21-8-4-3-5-9-21/h3-11,16-18,20,32H,12-15H2,1-2H3,(H,39,40). The number of carbonyl (C=O) groups excluding carboxylic acids is 1. The monoisotopic (exact) mass is 535 g/mol. The van der Waals surface area contributed by atoms with Crippen molar-refractivity contribution in [1.29, 1.82) is 0 Å². The van der Waals surface area contributed by atoms with Gasteiger partial charge < -0.3 is 20.2 Å². The van der Waals surface area contributed by atoms with Gasteiger partial charge in [-0.1, -0.05) is 36.4 Å². The van der Waals surface area contributed by atoms with Crippen molar-refractivity contribution < 1.29 is 14.7 Å². The van der Waals surface area contributed by atoms with Gasteiger partial charge in [0.1, 0.15) is 6.33 Å². The van der Waals surface area contributed by atoms with Crippen LogP contribution in [0.4, 0.5) is 11.6 Å². The summed E-state index contributed by atoms with van der Waals surface area (Å²) in [6.07, 6.45) is 1.67. The van der Waals surface area contributed by atoms with Crippen molar-refractivity contribution in [2.75, 3.05) is 36.4 Å². The van der Waals surface area contributed by atoms with Crippen LogP contribution in [0.1, 0.15) is 44.8 Å². The summed E-state index contributed by atoms with van der Waals surface area (Å²) in [4.78, 5) is 33.9. The molecule has 0 aliphatic carbocycles. The minimum atomic E-state index is -0.986. The number of amides is 1. The number of aryl methyl sites for hydroxylation is 1. The number of carboxylic acids is 1. The van der Waals surface area contributed by atoms with Gasteiger partial charge >= 0.3 is 5.97 Å². The van der Waals surface area contributed by atoms with E-state index >= 15 is 0 Å². The predicted molar refractivity (Wildman–Crippen MR) is 153 cm³/mol. The quantitative estimate of drug-likeness (QED) is 0.328. The molecule has 1 saturated heterocycles. The van der Waals surface area contributed by atoms with Crippen LogP contribution in [-0.2, 0) is 0 Å². The Hall–Kier alpha value is -4.99. The molecule has 1 amide bonds. The molecule has 2 aromatic heterocycles. The summed E-state index contributed by atoms with van der Waals surface area (Å²) in [6.45, 7) is 6.39. The molecule has 0 spiro atoms. The smallest absolute Gasteiger partial charge is 0.337 e. The Morgan fingerprint density at radius 3 is 2.45 bits per heavy atom. The molecule has 2 N–H and O–H groups in total. The molecular formula is C30H29N7O3. The molecule has 1 aliphatic rings. The molecule has 1 atom stereocenters. The number of carbonyl (C=O) groups is 2. The Kier molecular flexibility index (Phi) is 6.51. The van der Waals surface area contributed by atoms with E-state index in [2.05, 4.69) is 26.5 Å². The van der Waals surface area contributed by atoms with Crippen molar-refractivity contribution >= 4 is 40.1 Å². The summed E-state index contributed by atoms with van der Waals surface area (Å²) in [7, 11) is 0. The molecule has 1 aliphatic heterocycles. The Balaban J connectivity index is 1.35. The second kappa shape index (κ2) is 10.3. The molecular weight excluding hydrogens is 506 g/mol. The van der Waals surface area contributed by atoms with Crippen LogP contribution in [0.25, 0.3) is 16.6 Å². The van der Waals surface area contributed by atoms with Crippen LogP contribution in [0.15, 0.2) is 73.1 Å². The maximum absolute atomic E-state index is 13.0. The lowest BCUT2D eigenvalue weighted by Gasteiger charge is -2.35. The van der Waals surface area contributed by atoms with E-state index in [1.807, 2.05) is 65.6 Å². The van der Waals surface area contributed by atoms with Crippen molar-refractivity contribution in [1.82, 2.24) is 24.5 Å². The Morgan fingerprint density at radius 1 is 0.975 bits per heavy atom. The number of piperazine rings is 1. The Morgan fingerprint density at radius 2 is 1.70 bits per heavy atom. The first kappa shape index (κ1) is 25.3. The van der Waals surface area contributed by atoms with E-state index < -0.39 is 5.97 Å². The molecule has 40 heavy (non-hydrogen) atoms. The van der Waals surface area contributed by atoms with E-state index in [4.69, 9.17) is 4.98 Å². The summed E-state index contributed by atoms with van der Waals surface area (Å²) in [5.41, 5.74) is 4.88. The van der Waals surface area contributed by atoms with Crippen LogP contribution in [0.2, 0.25) is 0 Å². The van der Waals surface area contributed by atoms with Crippen molar-refractivity contribution in [3.63, 3.8) is 0 Å². The lowest BCUT2D eigenvalue weighted by atomic mass is 10.0. The molecule has 1 unspecified atom stereocenters. The lowest BCUT2D eigenvalue weighted by Crippen LogP contribution is -2.49. The first-order valence-electron chi connectivity index (χ1n) is 13.2. The number of hydrogen-bond donors (Lipinski definition) is 2. The number of hydrogen-bond acceptors (Lipinski definition) is 7. The lowest BCUT2D eigenvalue weighted by molar-refractivity contribution is 0.0696. The second-order valence-corrected chi connectivity index (χ2v) is 10.0. The molecule has 10 heteroatoms. The topological polar surface area (TPSA) is 116 Å². The molecule has 3 aromatic carbocycles. The average molecular weight is 536 g/mol. The molecule has 0 bridgehead atoms. The number of rotatable bonds is 6. The molecule has 5 aromatic rings. The minimum Gasteiger partial charge on any atom is -0.478 e. The van der Waals surface area contributed by atoms with Gasteiger partial charge in [0.2, 0.25) is 5.95 Å². The van der Waals surface area contributed by atoms with Crippen molar-refractivity contribution in [2.45, 2.75) is 19.9 Å². The first-order valence-corrected chi connectivity index (χ1v) is 13.2. The van der Waals surface area contributed by atoms with Crippen molar-refractivity contribution in [3.05, 3.63) is 95.3 Å². The zero-order valence-electron chi connectivity index (χ0n) is 22.3. The number of nitrogens with one attached hydrogen (secondary N) is 1. The highest BCUT2D eigenvalue weighted by atomic mass is 16.4. The summed E-state index contributed by atoms with van der Waals surface area (Å²) < 4.78 is 1.90. The number of carboxylic acid groups (broad SMARTS) is 1. The minimum absolute atomic E-state index is 0.0282. The molecule has 202 valence electrons. The molecule has 3 heterocycles. The van der Waals surface area contributed by atoms with Crippen LogP contribution in [0.3, 0.4) is 0 Å². The zero-order valence-corrected chi connectivity index (χ0v) is 22.3. The Labute approximate surface area is 230 Å². The normalized spacial score (nSPS) is 14.4. The van der Waals surface area contributed by atoms with E-state index in [0.717, 1.165) is 22.0 Å². The van der Waals surface area contributed by atoms with Crippen molar-refractivity contribution in [2.24, 2.45) is 0 Å².